The Morgan fingerprint density at radius 3 is 2.22 bits per heavy atom. The second-order valence-corrected chi connectivity index (χ2v) is 12.8. The van der Waals surface area contributed by atoms with Gasteiger partial charge in [0.05, 0.1) is 6.61 Å². The molecule has 2 atom stereocenters. The van der Waals surface area contributed by atoms with Gasteiger partial charge in [-0.05, 0) is 54.4 Å². The van der Waals surface area contributed by atoms with Gasteiger partial charge >= 0.3 is 6.09 Å². The van der Waals surface area contributed by atoms with E-state index in [4.69, 9.17) is 9.57 Å². The molecule has 4 aromatic rings. The molecule has 50 heavy (non-hydrogen) atoms. The minimum Gasteiger partial charge on any atom is -0.443 e. The summed E-state index contributed by atoms with van der Waals surface area (Å²) in [5, 5.41) is 9.84. The van der Waals surface area contributed by atoms with Crippen molar-refractivity contribution < 1.29 is 28.8 Å². The van der Waals surface area contributed by atoms with Crippen LogP contribution >= 0.6 is 0 Å². The van der Waals surface area contributed by atoms with Crippen LogP contribution in [0.1, 0.15) is 56.2 Å². The van der Waals surface area contributed by atoms with Crippen LogP contribution in [0, 0.1) is 11.8 Å². The van der Waals surface area contributed by atoms with Gasteiger partial charge in [0.25, 0.3) is 0 Å². The summed E-state index contributed by atoms with van der Waals surface area (Å²) in [5.74, 6) is -1.25. The Balaban J connectivity index is 1.27. The summed E-state index contributed by atoms with van der Waals surface area (Å²) in [6.07, 6.45) is 3.84. The number of amides is 4. The van der Waals surface area contributed by atoms with Gasteiger partial charge in [-0.25, -0.2) is 4.79 Å². The van der Waals surface area contributed by atoms with Gasteiger partial charge in [-0.2, -0.15) is 5.48 Å². The lowest BCUT2D eigenvalue weighted by molar-refractivity contribution is -0.133. The molecule has 4 amide bonds. The van der Waals surface area contributed by atoms with Gasteiger partial charge in [-0.3, -0.25) is 19.2 Å². The first-order valence-electron chi connectivity index (χ1n) is 17.3. The summed E-state index contributed by atoms with van der Waals surface area (Å²) in [7, 11) is 0. The number of rotatable bonds is 20. The second kappa shape index (κ2) is 20.4. The van der Waals surface area contributed by atoms with Gasteiger partial charge in [0, 0.05) is 48.9 Å². The zero-order chi connectivity index (χ0) is 35.6. The molecule has 0 aliphatic heterocycles. The fourth-order valence-electron chi connectivity index (χ4n) is 5.65. The number of carbonyl (C=O) groups is 4. The number of aromatic nitrogens is 1. The van der Waals surface area contributed by atoms with E-state index in [9.17, 15) is 19.2 Å². The lowest BCUT2D eigenvalue weighted by Gasteiger charge is -2.23. The van der Waals surface area contributed by atoms with Crippen LogP contribution in [0.4, 0.5) is 4.79 Å². The molecule has 0 bridgehead atoms. The number of aromatic amines is 1. The largest absolute Gasteiger partial charge is 0.443 e. The van der Waals surface area contributed by atoms with Gasteiger partial charge in [0.2, 0.25) is 17.7 Å². The first-order chi connectivity index (χ1) is 24.3. The molecule has 1 aromatic heterocycles. The Labute approximate surface area is 293 Å². The Morgan fingerprint density at radius 1 is 0.780 bits per heavy atom. The average Bonchev–Trinajstić information content (AvgIpc) is 3.53. The molecule has 0 aliphatic rings. The molecule has 0 radical (unpaired) electrons. The maximum atomic E-state index is 13.7. The maximum absolute atomic E-state index is 13.7. The summed E-state index contributed by atoms with van der Waals surface area (Å²) in [5.41, 5.74) is 6.09. The van der Waals surface area contributed by atoms with Crippen molar-refractivity contribution in [2.45, 2.75) is 65.0 Å². The fraction of sp³-hybridized carbons (Fsp3) is 0.385. The van der Waals surface area contributed by atoms with E-state index >= 15 is 0 Å². The first-order valence-corrected chi connectivity index (χ1v) is 17.3. The van der Waals surface area contributed by atoms with Crippen LogP contribution in [0.15, 0.2) is 91.1 Å². The minimum absolute atomic E-state index is 0.0358. The van der Waals surface area contributed by atoms with Crippen LogP contribution in [0.2, 0.25) is 0 Å². The maximum Gasteiger partial charge on any atom is 0.431 e. The van der Waals surface area contributed by atoms with Crippen molar-refractivity contribution in [1.29, 1.82) is 0 Å². The topological polar surface area (TPSA) is 151 Å². The molecule has 0 saturated heterocycles. The summed E-state index contributed by atoms with van der Waals surface area (Å²) in [6, 6.07) is 26.2. The molecule has 1 heterocycles. The molecular formula is C39H49N5O6. The molecule has 0 aliphatic carbocycles. The first kappa shape index (κ1) is 37.7. The van der Waals surface area contributed by atoms with Crippen LogP contribution in [0.25, 0.3) is 10.9 Å². The Bertz CT molecular complexity index is 1640. The van der Waals surface area contributed by atoms with E-state index in [-0.39, 0.29) is 49.7 Å². The molecule has 11 heteroatoms. The van der Waals surface area contributed by atoms with Crippen LogP contribution in [0.5, 0.6) is 0 Å². The number of nitrogens with one attached hydrogen (secondary N) is 5. The second-order valence-electron chi connectivity index (χ2n) is 12.8. The van der Waals surface area contributed by atoms with Crippen LogP contribution < -0.4 is 21.4 Å². The molecule has 5 N–H and O–H groups in total. The van der Waals surface area contributed by atoms with E-state index in [0.29, 0.717) is 38.8 Å². The zero-order valence-electron chi connectivity index (χ0n) is 28.9. The number of carbonyl (C=O) groups excluding carboxylic acids is 4. The summed E-state index contributed by atoms with van der Waals surface area (Å²) in [4.78, 5) is 60.5. The summed E-state index contributed by atoms with van der Waals surface area (Å²) < 4.78 is 5.12. The molecule has 0 fully saturated rings. The highest BCUT2D eigenvalue weighted by Crippen LogP contribution is 2.21. The van der Waals surface area contributed by atoms with Gasteiger partial charge in [0.1, 0.15) is 12.6 Å². The SMILES string of the molecule is CC(C)CC(CC(=O)NCCc1ccccc1)C(=O)N[C@H](Cc1c[nH]c2ccccc12)C(=O)NCCCCONC(=O)OCc1ccccc1. The van der Waals surface area contributed by atoms with Crippen LogP contribution in [0.3, 0.4) is 0 Å². The van der Waals surface area contributed by atoms with Crippen molar-refractivity contribution >= 4 is 34.7 Å². The van der Waals surface area contributed by atoms with Crippen molar-refractivity contribution in [2.75, 3.05) is 19.7 Å². The summed E-state index contributed by atoms with van der Waals surface area (Å²) >= 11 is 0. The number of benzene rings is 3. The molecule has 11 nitrogen and oxygen atoms in total. The molecule has 0 saturated carbocycles. The van der Waals surface area contributed by atoms with E-state index in [0.717, 1.165) is 27.6 Å². The lowest BCUT2D eigenvalue weighted by Crippen LogP contribution is -2.50. The molecular weight excluding hydrogens is 634 g/mol. The number of hydrogen-bond donors (Lipinski definition) is 5. The third kappa shape index (κ3) is 13.0. The monoisotopic (exact) mass is 683 g/mol. The number of H-pyrrole nitrogens is 1. The number of hydroxylamine groups is 1. The minimum atomic E-state index is -0.852. The third-order valence-corrected chi connectivity index (χ3v) is 8.21. The number of para-hydroxylation sites is 1. The highest BCUT2D eigenvalue weighted by Gasteiger charge is 2.28. The van der Waals surface area contributed by atoms with E-state index in [2.05, 4.69) is 26.4 Å². The standard InChI is InChI=1S/C39H49N5O6/c1-28(2)23-31(25-36(45)40-21-19-29-13-5-3-6-14-29)37(46)43-35(24-32-26-42-34-18-10-9-17-33(32)34)38(47)41-20-11-12-22-50-44-39(48)49-27-30-15-7-4-8-16-30/h3-10,13-18,26,28,31,35,42H,11-12,19-25,27H2,1-2H3,(H,40,45)(H,41,47)(H,43,46)(H,44,48)/t31?,35-/m1/s1. The summed E-state index contributed by atoms with van der Waals surface area (Å²) in [6.45, 7) is 5.21. The number of hydrogen-bond acceptors (Lipinski definition) is 6. The van der Waals surface area contributed by atoms with Crippen molar-refractivity contribution in [3.8, 4) is 0 Å². The Morgan fingerprint density at radius 2 is 1.48 bits per heavy atom. The van der Waals surface area contributed by atoms with E-state index < -0.39 is 18.1 Å². The number of fused-ring (bicyclic) bond motifs is 1. The zero-order valence-corrected chi connectivity index (χ0v) is 28.9. The van der Waals surface area contributed by atoms with E-state index in [1.165, 1.54) is 0 Å². The Hall–Kier alpha value is -5.16. The predicted molar refractivity (Wildman–Crippen MR) is 193 cm³/mol. The lowest BCUT2D eigenvalue weighted by atomic mass is 9.92. The van der Waals surface area contributed by atoms with Gasteiger partial charge in [0.15, 0.2) is 0 Å². The van der Waals surface area contributed by atoms with Gasteiger partial charge < -0.3 is 25.7 Å². The quantitative estimate of drug-likeness (QED) is 0.0625. The Kier molecular flexibility index (Phi) is 15.3. The van der Waals surface area contributed by atoms with Crippen LogP contribution in [-0.2, 0) is 43.4 Å². The predicted octanol–water partition coefficient (Wildman–Crippen LogP) is 5.36. The molecule has 0 spiro atoms. The molecule has 1 unspecified atom stereocenters. The highest BCUT2D eigenvalue weighted by molar-refractivity contribution is 5.92. The number of unbranched alkanes of at least 4 members (excludes halogenated alkanes) is 1. The fourth-order valence-corrected chi connectivity index (χ4v) is 5.65. The molecule has 3 aromatic carbocycles. The van der Waals surface area contributed by atoms with Crippen molar-refractivity contribution in [3.63, 3.8) is 0 Å². The number of ether oxygens (including phenoxy) is 1. The average molecular weight is 684 g/mol. The highest BCUT2D eigenvalue weighted by atomic mass is 16.7. The van der Waals surface area contributed by atoms with Gasteiger partial charge in [-0.15, -0.1) is 0 Å². The van der Waals surface area contributed by atoms with Crippen LogP contribution in [-0.4, -0.2) is 54.5 Å². The van der Waals surface area contributed by atoms with Crippen molar-refractivity contribution in [3.05, 3.63) is 108 Å². The normalized spacial score (nSPS) is 12.2. The third-order valence-electron chi connectivity index (χ3n) is 8.21. The molecule has 266 valence electrons. The smallest absolute Gasteiger partial charge is 0.431 e. The van der Waals surface area contributed by atoms with Crippen molar-refractivity contribution in [1.82, 2.24) is 26.4 Å². The van der Waals surface area contributed by atoms with Gasteiger partial charge in [-0.1, -0.05) is 92.7 Å². The van der Waals surface area contributed by atoms with E-state index in [1.807, 2.05) is 105 Å². The van der Waals surface area contributed by atoms with E-state index in [1.54, 1.807) is 0 Å². The molecule has 4 rings (SSSR count). The van der Waals surface area contributed by atoms with Crippen molar-refractivity contribution in [2.24, 2.45) is 11.8 Å².